The predicted molar refractivity (Wildman–Crippen MR) is 75.6 cm³/mol. The molecule has 0 radical (unpaired) electrons. The van der Waals surface area contributed by atoms with Gasteiger partial charge in [0.25, 0.3) is 0 Å². The van der Waals surface area contributed by atoms with Crippen LogP contribution in [0.1, 0.15) is 58.3 Å². The van der Waals surface area contributed by atoms with Crippen LogP contribution in [0.5, 0.6) is 0 Å². The molecule has 6 heteroatoms. The first kappa shape index (κ1) is 24.2. The molecule has 4 nitrogen and oxygen atoms in total. The van der Waals surface area contributed by atoms with Crippen LogP contribution < -0.4 is 0 Å². The summed E-state index contributed by atoms with van der Waals surface area (Å²) in [7, 11) is 0. The molecule has 0 aromatic rings. The van der Waals surface area contributed by atoms with Crippen molar-refractivity contribution in [2.45, 2.75) is 63.4 Å². The molecule has 0 aliphatic carbocycles. The fourth-order valence-electron chi connectivity index (χ4n) is 1.34. The summed E-state index contributed by atoms with van der Waals surface area (Å²) in [5.74, 6) is -2.62. The standard InChI is InChI=1S/C9H19.C3H4O4.K.Li.H/c1-3-5-7-9-8-6-4-2;4-2(5)1-3(6)7;;;/h1,3-9H2,2H3;1H2,(H,4,5)(H,6,7);;;. The Labute approximate surface area is 162 Å². The summed E-state index contributed by atoms with van der Waals surface area (Å²) < 4.78 is 0. The van der Waals surface area contributed by atoms with Gasteiger partial charge in [-0.3, -0.25) is 9.59 Å². The van der Waals surface area contributed by atoms with E-state index in [1.165, 1.54) is 50.0 Å². The van der Waals surface area contributed by atoms with Gasteiger partial charge < -0.3 is 10.2 Å². The van der Waals surface area contributed by atoms with Gasteiger partial charge in [0, 0.05) is 0 Å². The van der Waals surface area contributed by atoms with Crippen LogP contribution in [-0.2, 0) is 9.59 Å². The third kappa shape index (κ3) is 30.3. The van der Waals surface area contributed by atoms with E-state index in [0.717, 1.165) is 0 Å². The van der Waals surface area contributed by atoms with Crippen molar-refractivity contribution in [2.24, 2.45) is 0 Å². The first-order chi connectivity index (χ1) is 8.04. The Morgan fingerprint density at radius 3 is 1.56 bits per heavy atom. The van der Waals surface area contributed by atoms with Gasteiger partial charge in [0.15, 0.2) is 0 Å². The van der Waals surface area contributed by atoms with Crippen LogP contribution in [0.15, 0.2) is 0 Å². The van der Waals surface area contributed by atoms with Gasteiger partial charge in [0.1, 0.15) is 6.42 Å². The Balaban J connectivity index is -0.000000251. The molecule has 0 amide bonds. The zero-order valence-electron chi connectivity index (χ0n) is 11.1. The Kier molecular flexibility index (Phi) is 27.6. The minimum absolute atomic E-state index is 0. The molecular weight excluding hydrogens is 254 g/mol. The summed E-state index contributed by atoms with van der Waals surface area (Å²) in [6, 6.07) is 0. The summed E-state index contributed by atoms with van der Waals surface area (Å²) in [5, 5.41) is 16.8. The Bertz CT molecular complexity index is 181. The average molecular weight is 278 g/mol. The third-order valence-electron chi connectivity index (χ3n) is 2.26. The minimum atomic E-state index is -1.31. The molecule has 18 heavy (non-hydrogen) atoms. The number of aliphatic carboxylic acids is 2. The normalized spacial score (nSPS) is 8.83. The first-order valence-electron chi connectivity index (χ1n) is 6.48. The molecule has 0 aliphatic rings. The molecule has 0 saturated heterocycles. The van der Waals surface area contributed by atoms with E-state index in [2.05, 4.69) is 24.6 Å². The van der Waals surface area contributed by atoms with Crippen LogP contribution in [0, 0.1) is 0 Å². The monoisotopic (exact) mass is 278 g/mol. The molecule has 2 N–H and O–H groups in total. The summed E-state index contributed by atoms with van der Waals surface area (Å²) in [6.45, 7) is 2.27. The van der Waals surface area contributed by atoms with E-state index in [-0.39, 0.29) is 51.4 Å². The molecule has 0 fully saturated rings. The second-order valence-electron chi connectivity index (χ2n) is 4.09. The zero-order chi connectivity index (χ0) is 13.5. The van der Waals surface area contributed by atoms with Crippen LogP contribution in [0.3, 0.4) is 0 Å². The second kappa shape index (κ2) is 20.5. The predicted octanol–water partition coefficient (Wildman–Crippen LogP) is 2.22. The second-order valence-corrected chi connectivity index (χ2v) is 4.09. The number of carbonyl (C=O) groups is 2. The molecule has 0 saturated carbocycles. The Morgan fingerprint density at radius 1 is 0.889 bits per heavy atom. The summed E-state index contributed by atoms with van der Waals surface area (Å²) in [5.41, 5.74) is 0. The van der Waals surface area contributed by atoms with Gasteiger partial charge in [-0.25, -0.2) is 0 Å². The molecule has 0 unspecified atom stereocenters. The van der Waals surface area contributed by atoms with E-state index >= 15 is 0 Å². The van der Waals surface area contributed by atoms with Crippen molar-refractivity contribution in [1.29, 1.82) is 0 Å². The number of rotatable bonds is 9. The number of hydrogen-bond donors (Lipinski definition) is 2. The number of unbranched alkanes of at least 4 members (excludes halogenated alkanes) is 6. The van der Waals surface area contributed by atoms with Crippen LogP contribution in [0.25, 0.3) is 0 Å². The molecule has 0 aliphatic heterocycles. The topological polar surface area (TPSA) is 74.6 Å². The van der Waals surface area contributed by atoms with Gasteiger partial charge in [-0.15, -0.1) is 0 Å². The average Bonchev–Trinajstić information content (AvgIpc) is 2.22. The van der Waals surface area contributed by atoms with Gasteiger partial charge in [0.2, 0.25) is 0 Å². The number of hydrogen-bond acceptors (Lipinski definition) is 2. The van der Waals surface area contributed by atoms with Crippen molar-refractivity contribution in [3.05, 3.63) is 0 Å². The van der Waals surface area contributed by atoms with E-state index in [0.29, 0.717) is 0 Å². The van der Waals surface area contributed by atoms with Crippen LogP contribution >= 0.6 is 0 Å². The molecule has 0 aromatic heterocycles. The fraction of sp³-hybridized carbons (Fsp3) is 0.833. The van der Waals surface area contributed by atoms with Crippen molar-refractivity contribution in [1.82, 2.24) is 0 Å². The molecule has 0 aromatic carbocycles. The van der Waals surface area contributed by atoms with Crippen LogP contribution in [-0.4, -0.2) is 91.3 Å². The molecule has 0 heterocycles. The van der Waals surface area contributed by atoms with Gasteiger partial charge in [0.05, 0.1) is 0 Å². The van der Waals surface area contributed by atoms with E-state index in [1.807, 2.05) is 0 Å². The Hall–Kier alpha value is 1.17. The van der Waals surface area contributed by atoms with E-state index in [9.17, 15) is 9.59 Å². The van der Waals surface area contributed by atoms with E-state index < -0.39 is 18.4 Å². The van der Waals surface area contributed by atoms with Gasteiger partial charge in [-0.05, 0) is 0 Å². The summed E-state index contributed by atoms with van der Waals surface area (Å²) in [6.07, 6.45) is 9.29. The van der Waals surface area contributed by atoms with Gasteiger partial charge >= 0.3 is 138 Å². The maximum absolute atomic E-state index is 9.43. The molecule has 0 atom stereocenters. The van der Waals surface area contributed by atoms with Crippen molar-refractivity contribution in [2.75, 3.05) is 0 Å². The number of carboxylic acids is 2. The van der Waals surface area contributed by atoms with Crippen molar-refractivity contribution >= 4 is 81.0 Å². The van der Waals surface area contributed by atoms with Crippen LogP contribution in [0.2, 0.25) is 5.09 Å². The first-order valence-corrected chi connectivity index (χ1v) is 6.48. The molecule has 0 rings (SSSR count). The molecule has 0 spiro atoms. The number of carboxylic acid groups (broad SMARTS) is 2. The summed E-state index contributed by atoms with van der Waals surface area (Å²) >= 11 is 2.27. The zero-order valence-corrected chi connectivity index (χ0v) is 11.1. The SMILES string of the molecule is O=C(O)CC(=O)O.[KH].[Li][CH2]CCCCCCCC. The maximum atomic E-state index is 9.43. The molecule has 0 bridgehead atoms. The van der Waals surface area contributed by atoms with E-state index in [4.69, 9.17) is 10.2 Å². The fourth-order valence-corrected chi connectivity index (χ4v) is 1.34. The summed E-state index contributed by atoms with van der Waals surface area (Å²) in [4.78, 5) is 18.9. The van der Waals surface area contributed by atoms with Gasteiger partial charge in [-0.2, -0.15) is 0 Å². The molecular formula is C12H24KLiO4. The van der Waals surface area contributed by atoms with Gasteiger partial charge in [-0.1, -0.05) is 0 Å². The van der Waals surface area contributed by atoms with Crippen molar-refractivity contribution in [3.63, 3.8) is 0 Å². The quantitative estimate of drug-likeness (QED) is 0.385. The molecule has 98 valence electrons. The van der Waals surface area contributed by atoms with Crippen molar-refractivity contribution in [3.8, 4) is 0 Å². The van der Waals surface area contributed by atoms with E-state index in [1.54, 1.807) is 0 Å². The Morgan fingerprint density at radius 2 is 1.28 bits per heavy atom. The van der Waals surface area contributed by atoms with Crippen LogP contribution in [0.4, 0.5) is 0 Å². The van der Waals surface area contributed by atoms with Crippen molar-refractivity contribution < 1.29 is 19.8 Å². The third-order valence-corrected chi connectivity index (χ3v) is 2.26.